The minimum Gasteiger partial charge on any atom is -0.358 e. The highest BCUT2D eigenvalue weighted by Crippen LogP contribution is 2.29. The second-order valence-corrected chi connectivity index (χ2v) is 5.81. The van der Waals surface area contributed by atoms with Gasteiger partial charge in [0, 0.05) is 27.6 Å². The summed E-state index contributed by atoms with van der Waals surface area (Å²) in [4.78, 5) is 4.48. The van der Waals surface area contributed by atoms with E-state index in [-0.39, 0.29) is 0 Å². The highest BCUT2D eigenvalue weighted by atomic mass is 79.9. The summed E-state index contributed by atoms with van der Waals surface area (Å²) in [6, 6.07) is 6.56. The van der Waals surface area contributed by atoms with Gasteiger partial charge in [0.1, 0.15) is 0 Å². The van der Waals surface area contributed by atoms with Gasteiger partial charge in [-0.1, -0.05) is 22.0 Å². The Bertz CT molecular complexity index is 522. The summed E-state index contributed by atoms with van der Waals surface area (Å²) in [6.45, 7) is 6.24. The van der Waals surface area contributed by atoms with Crippen LogP contribution in [0.1, 0.15) is 19.4 Å². The van der Waals surface area contributed by atoms with Crippen LogP contribution in [0.25, 0.3) is 11.4 Å². The minimum atomic E-state index is 0.372. The Morgan fingerprint density at radius 1 is 1.35 bits per heavy atom. The van der Waals surface area contributed by atoms with Crippen molar-refractivity contribution in [3.63, 3.8) is 0 Å². The SMILES string of the molecule is Cc1ccc(-c2nsc(NC(C)C)n2)c(Br)c1. The number of anilines is 1. The molecule has 0 unspecified atom stereocenters. The lowest BCUT2D eigenvalue weighted by molar-refractivity contribution is 0.896. The third-order valence-corrected chi connectivity index (χ3v) is 3.51. The van der Waals surface area contributed by atoms with E-state index in [2.05, 4.69) is 63.5 Å². The largest absolute Gasteiger partial charge is 0.358 e. The quantitative estimate of drug-likeness (QED) is 0.927. The summed E-state index contributed by atoms with van der Waals surface area (Å²) in [5, 5.41) is 4.12. The van der Waals surface area contributed by atoms with E-state index in [0.717, 1.165) is 21.0 Å². The molecule has 0 atom stereocenters. The van der Waals surface area contributed by atoms with Gasteiger partial charge in [0.2, 0.25) is 5.13 Å². The molecule has 1 N–H and O–H groups in total. The summed E-state index contributed by atoms with van der Waals surface area (Å²) in [5.41, 5.74) is 2.25. The van der Waals surface area contributed by atoms with Gasteiger partial charge in [-0.15, -0.1) is 0 Å². The lowest BCUT2D eigenvalue weighted by atomic mass is 10.1. The molecular formula is C12H14BrN3S. The van der Waals surface area contributed by atoms with Crippen LogP contribution in [0.4, 0.5) is 5.13 Å². The number of nitrogens with zero attached hydrogens (tertiary/aromatic N) is 2. The van der Waals surface area contributed by atoms with Crippen LogP contribution in [0.2, 0.25) is 0 Å². The Labute approximate surface area is 114 Å². The highest BCUT2D eigenvalue weighted by molar-refractivity contribution is 9.10. The number of nitrogens with one attached hydrogen (secondary N) is 1. The van der Waals surface area contributed by atoms with Crippen molar-refractivity contribution in [3.8, 4) is 11.4 Å². The van der Waals surface area contributed by atoms with Crippen molar-refractivity contribution in [1.29, 1.82) is 0 Å². The van der Waals surface area contributed by atoms with E-state index in [9.17, 15) is 0 Å². The molecule has 1 aromatic heterocycles. The average molecular weight is 312 g/mol. The molecule has 0 saturated heterocycles. The van der Waals surface area contributed by atoms with Crippen LogP contribution in [-0.4, -0.2) is 15.4 Å². The number of aromatic nitrogens is 2. The molecule has 0 radical (unpaired) electrons. The van der Waals surface area contributed by atoms with Crippen LogP contribution >= 0.6 is 27.5 Å². The van der Waals surface area contributed by atoms with Crippen molar-refractivity contribution in [2.75, 3.05) is 5.32 Å². The third kappa shape index (κ3) is 3.04. The predicted molar refractivity (Wildman–Crippen MR) is 76.5 cm³/mol. The van der Waals surface area contributed by atoms with Gasteiger partial charge in [0.25, 0.3) is 0 Å². The molecule has 0 aliphatic carbocycles. The maximum absolute atomic E-state index is 4.48. The first-order valence-corrected chi connectivity index (χ1v) is 6.99. The molecule has 0 aliphatic heterocycles. The lowest BCUT2D eigenvalue weighted by Crippen LogP contribution is -2.08. The zero-order valence-corrected chi connectivity index (χ0v) is 12.4. The fraction of sp³-hybridized carbons (Fsp3) is 0.333. The van der Waals surface area contributed by atoms with Crippen LogP contribution in [0.5, 0.6) is 0 Å². The van der Waals surface area contributed by atoms with E-state index >= 15 is 0 Å². The number of halogens is 1. The zero-order valence-electron chi connectivity index (χ0n) is 9.99. The van der Waals surface area contributed by atoms with Crippen LogP contribution in [0.3, 0.4) is 0 Å². The first-order valence-electron chi connectivity index (χ1n) is 5.43. The van der Waals surface area contributed by atoms with E-state index in [1.807, 2.05) is 6.07 Å². The van der Waals surface area contributed by atoms with Crippen LogP contribution in [0, 0.1) is 6.92 Å². The maximum Gasteiger partial charge on any atom is 0.203 e. The molecule has 3 nitrogen and oxygen atoms in total. The van der Waals surface area contributed by atoms with Gasteiger partial charge in [-0.3, -0.25) is 0 Å². The van der Waals surface area contributed by atoms with Crippen LogP contribution in [-0.2, 0) is 0 Å². The summed E-state index contributed by atoms with van der Waals surface area (Å²) >= 11 is 4.94. The minimum absolute atomic E-state index is 0.372. The molecule has 90 valence electrons. The molecular weight excluding hydrogens is 298 g/mol. The number of aryl methyl sites for hydroxylation is 1. The van der Waals surface area contributed by atoms with E-state index in [4.69, 9.17) is 0 Å². The predicted octanol–water partition coefficient (Wildman–Crippen LogP) is 4.10. The molecule has 0 bridgehead atoms. The maximum atomic E-state index is 4.48. The Hall–Kier alpha value is -0.940. The lowest BCUT2D eigenvalue weighted by Gasteiger charge is -2.04. The number of hydrogen-bond donors (Lipinski definition) is 1. The molecule has 0 aliphatic rings. The van der Waals surface area contributed by atoms with Gasteiger partial charge in [-0.25, -0.2) is 0 Å². The van der Waals surface area contributed by atoms with E-state index in [1.54, 1.807) is 0 Å². The van der Waals surface area contributed by atoms with Gasteiger partial charge < -0.3 is 5.32 Å². The van der Waals surface area contributed by atoms with Crippen molar-refractivity contribution in [1.82, 2.24) is 9.36 Å². The van der Waals surface area contributed by atoms with Gasteiger partial charge in [-0.05, 0) is 38.5 Å². The zero-order chi connectivity index (χ0) is 12.4. The van der Waals surface area contributed by atoms with Gasteiger partial charge in [0.15, 0.2) is 5.82 Å². The fourth-order valence-electron chi connectivity index (χ4n) is 1.44. The van der Waals surface area contributed by atoms with Gasteiger partial charge in [-0.2, -0.15) is 9.36 Å². The summed E-state index contributed by atoms with van der Waals surface area (Å²) in [5.74, 6) is 0.769. The smallest absolute Gasteiger partial charge is 0.203 e. The van der Waals surface area contributed by atoms with Crippen molar-refractivity contribution < 1.29 is 0 Å². The molecule has 0 saturated carbocycles. The third-order valence-electron chi connectivity index (χ3n) is 2.20. The molecule has 0 fully saturated rings. The fourth-order valence-corrected chi connectivity index (χ4v) is 2.84. The Kier molecular flexibility index (Phi) is 3.79. The Balaban J connectivity index is 2.30. The molecule has 1 heterocycles. The average Bonchev–Trinajstić information content (AvgIpc) is 2.65. The summed E-state index contributed by atoms with van der Waals surface area (Å²) in [6.07, 6.45) is 0. The number of rotatable bonds is 3. The molecule has 2 aromatic rings. The highest BCUT2D eigenvalue weighted by Gasteiger charge is 2.10. The van der Waals surface area contributed by atoms with Gasteiger partial charge >= 0.3 is 0 Å². The topological polar surface area (TPSA) is 37.8 Å². The Morgan fingerprint density at radius 2 is 2.12 bits per heavy atom. The summed E-state index contributed by atoms with van der Waals surface area (Å²) in [7, 11) is 0. The van der Waals surface area contributed by atoms with Crippen LogP contribution in [0.15, 0.2) is 22.7 Å². The Morgan fingerprint density at radius 3 is 2.76 bits per heavy atom. The molecule has 5 heteroatoms. The molecule has 1 aromatic carbocycles. The normalized spacial score (nSPS) is 10.9. The van der Waals surface area contributed by atoms with Gasteiger partial charge in [0.05, 0.1) is 0 Å². The molecule has 2 rings (SSSR count). The second-order valence-electron chi connectivity index (χ2n) is 4.21. The first-order chi connectivity index (χ1) is 8.06. The van der Waals surface area contributed by atoms with E-state index < -0.39 is 0 Å². The number of hydrogen-bond acceptors (Lipinski definition) is 4. The standard InChI is InChI=1S/C12H14BrN3S/c1-7(2)14-12-15-11(16-17-12)9-5-4-8(3)6-10(9)13/h4-7H,1-3H3,(H,14,15,16). The first kappa shape index (κ1) is 12.5. The van der Waals surface area contributed by atoms with Crippen molar-refractivity contribution in [2.24, 2.45) is 0 Å². The van der Waals surface area contributed by atoms with Crippen molar-refractivity contribution in [3.05, 3.63) is 28.2 Å². The van der Waals surface area contributed by atoms with E-state index in [0.29, 0.717) is 6.04 Å². The molecule has 0 amide bonds. The van der Waals surface area contributed by atoms with Crippen molar-refractivity contribution in [2.45, 2.75) is 26.8 Å². The monoisotopic (exact) mass is 311 g/mol. The van der Waals surface area contributed by atoms with E-state index in [1.165, 1.54) is 17.1 Å². The second kappa shape index (κ2) is 5.14. The molecule has 0 spiro atoms. The summed E-state index contributed by atoms with van der Waals surface area (Å²) < 4.78 is 5.40. The number of benzene rings is 1. The van der Waals surface area contributed by atoms with Crippen molar-refractivity contribution >= 4 is 32.6 Å². The van der Waals surface area contributed by atoms with Crippen LogP contribution < -0.4 is 5.32 Å². The molecule has 17 heavy (non-hydrogen) atoms.